The first kappa shape index (κ1) is 30.6. The number of anilines is 2. The molecule has 0 aromatic heterocycles. The lowest BCUT2D eigenvalue weighted by molar-refractivity contribution is 0.167. The van der Waals surface area contributed by atoms with E-state index < -0.39 is 12.2 Å². The van der Waals surface area contributed by atoms with E-state index in [9.17, 15) is 9.59 Å². The van der Waals surface area contributed by atoms with E-state index in [-0.39, 0.29) is 13.2 Å². The molecule has 0 aliphatic carbocycles. The van der Waals surface area contributed by atoms with E-state index in [1.807, 2.05) is 0 Å². The van der Waals surface area contributed by atoms with Crippen LogP contribution in [0, 0.1) is 23.7 Å². The van der Waals surface area contributed by atoms with Crippen molar-refractivity contribution >= 4 is 46.8 Å². The van der Waals surface area contributed by atoms with Crippen molar-refractivity contribution in [2.24, 2.45) is 0 Å². The van der Waals surface area contributed by atoms with Crippen LogP contribution in [0.25, 0.3) is 0 Å². The lowest BCUT2D eigenvalue weighted by Gasteiger charge is -2.04. The zero-order valence-corrected chi connectivity index (χ0v) is 20.2. The van der Waals surface area contributed by atoms with Crippen LogP contribution in [0.4, 0.5) is 21.0 Å². The zero-order valence-electron chi connectivity index (χ0n) is 18.7. The highest BCUT2D eigenvalue weighted by Crippen LogP contribution is 2.15. The molecule has 10 heteroatoms. The normalized spacial score (nSPS) is 8.53. The maximum Gasteiger partial charge on any atom is 0.411 e. The largest absolute Gasteiger partial charge is 0.450 e. The van der Waals surface area contributed by atoms with Crippen molar-refractivity contribution in [2.45, 2.75) is 13.8 Å². The summed E-state index contributed by atoms with van der Waals surface area (Å²) in [5.41, 5.74) is 1.26. The molecule has 0 bridgehead atoms. The van der Waals surface area contributed by atoms with Gasteiger partial charge in [0, 0.05) is 21.4 Å². The number of hydrogen-bond donors (Lipinski definition) is 4. The number of aliphatic hydroxyl groups is 2. The maximum absolute atomic E-state index is 10.9. The van der Waals surface area contributed by atoms with Gasteiger partial charge >= 0.3 is 12.2 Å². The molecule has 0 saturated carbocycles. The Labute approximate surface area is 209 Å². The third kappa shape index (κ3) is 17.2. The highest BCUT2D eigenvalue weighted by atomic mass is 35.5. The SMILES string of the molecule is CCOC(=O)Nc1cccc(Cl)c1.CCOC(=O)Nc1cccc(Cl)c1.OCC#CC#CCO. The zero-order chi connectivity index (χ0) is 25.6. The number of nitrogens with one attached hydrogen (secondary N) is 2. The minimum absolute atomic E-state index is 0.180. The molecule has 0 aliphatic heterocycles. The molecular weight excluding hydrogens is 483 g/mol. The molecule has 34 heavy (non-hydrogen) atoms. The number of benzene rings is 2. The van der Waals surface area contributed by atoms with Crippen molar-refractivity contribution in [2.75, 3.05) is 37.1 Å². The van der Waals surface area contributed by atoms with Gasteiger partial charge in [0.15, 0.2) is 0 Å². The number of hydrogen-bond acceptors (Lipinski definition) is 6. The minimum Gasteiger partial charge on any atom is -0.450 e. The second-order valence-electron chi connectivity index (χ2n) is 5.63. The van der Waals surface area contributed by atoms with Crippen molar-refractivity contribution in [3.8, 4) is 23.7 Å². The number of rotatable bonds is 4. The van der Waals surface area contributed by atoms with Gasteiger partial charge in [-0.25, -0.2) is 9.59 Å². The van der Waals surface area contributed by atoms with Gasteiger partial charge in [0.05, 0.1) is 13.2 Å². The first-order chi connectivity index (χ1) is 16.4. The molecule has 0 atom stereocenters. The standard InChI is InChI=1S/2C9H10ClNO2.C6H6O2/c2*1-2-13-9(12)11-8-5-3-4-7(10)6-8;7-5-3-1-2-4-6-8/h2*3-6H,2H2,1H3,(H,11,12);7-8H,5-6H2. The molecule has 4 N–H and O–H groups in total. The third-order valence-electron chi connectivity index (χ3n) is 3.09. The Balaban J connectivity index is 0.000000497. The summed E-state index contributed by atoms with van der Waals surface area (Å²) in [5, 5.41) is 22.4. The predicted molar refractivity (Wildman–Crippen MR) is 134 cm³/mol. The molecule has 0 fully saturated rings. The Bertz CT molecular complexity index is 928. The van der Waals surface area contributed by atoms with Gasteiger partial charge in [0.2, 0.25) is 0 Å². The van der Waals surface area contributed by atoms with Crippen LogP contribution in [-0.2, 0) is 9.47 Å². The topological polar surface area (TPSA) is 117 Å². The quantitative estimate of drug-likeness (QED) is 0.441. The molecule has 182 valence electrons. The fraction of sp³-hybridized carbons (Fsp3) is 0.250. The molecule has 0 unspecified atom stereocenters. The fourth-order valence-corrected chi connectivity index (χ4v) is 2.25. The van der Waals surface area contributed by atoms with Gasteiger partial charge < -0.3 is 19.7 Å². The molecule has 2 amide bonds. The summed E-state index contributed by atoms with van der Waals surface area (Å²) >= 11 is 11.4. The highest BCUT2D eigenvalue weighted by molar-refractivity contribution is 6.31. The van der Waals surface area contributed by atoms with Crippen LogP contribution < -0.4 is 10.6 Å². The van der Waals surface area contributed by atoms with Crippen molar-refractivity contribution in [1.82, 2.24) is 0 Å². The molecule has 0 heterocycles. The highest BCUT2D eigenvalue weighted by Gasteiger charge is 2.01. The molecule has 2 aromatic rings. The van der Waals surface area contributed by atoms with Crippen molar-refractivity contribution in [3.05, 3.63) is 58.6 Å². The van der Waals surface area contributed by atoms with Crippen molar-refractivity contribution in [3.63, 3.8) is 0 Å². The van der Waals surface area contributed by atoms with E-state index in [0.29, 0.717) is 34.6 Å². The number of carbonyl (C=O) groups excluding carboxylic acids is 2. The number of aliphatic hydroxyl groups excluding tert-OH is 2. The smallest absolute Gasteiger partial charge is 0.411 e. The lowest BCUT2D eigenvalue weighted by atomic mass is 10.3. The first-order valence-electron chi connectivity index (χ1n) is 9.92. The third-order valence-corrected chi connectivity index (χ3v) is 3.56. The Morgan fingerprint density at radius 2 is 1.18 bits per heavy atom. The summed E-state index contributed by atoms with van der Waals surface area (Å²) in [6.07, 6.45) is -0.936. The van der Waals surface area contributed by atoms with Gasteiger partial charge in [-0.3, -0.25) is 10.6 Å². The van der Waals surface area contributed by atoms with E-state index in [2.05, 4.69) is 34.3 Å². The summed E-state index contributed by atoms with van der Waals surface area (Å²) in [6.45, 7) is 3.84. The molecule has 0 saturated heterocycles. The van der Waals surface area contributed by atoms with Crippen molar-refractivity contribution < 1.29 is 29.3 Å². The summed E-state index contributed by atoms with van der Waals surface area (Å²) in [4.78, 5) is 21.9. The van der Waals surface area contributed by atoms with Crippen LogP contribution in [0.5, 0.6) is 0 Å². The fourth-order valence-electron chi connectivity index (χ4n) is 1.87. The second-order valence-corrected chi connectivity index (χ2v) is 6.50. The maximum atomic E-state index is 10.9. The molecule has 0 radical (unpaired) electrons. The molecule has 0 spiro atoms. The number of amides is 2. The summed E-state index contributed by atoms with van der Waals surface area (Å²) in [5.74, 6) is 9.24. The van der Waals surface area contributed by atoms with Gasteiger partial charge in [-0.15, -0.1) is 0 Å². The number of halogens is 2. The van der Waals surface area contributed by atoms with Crippen LogP contribution in [0.15, 0.2) is 48.5 Å². The Kier molecular flexibility index (Phi) is 18.2. The Morgan fingerprint density at radius 1 is 0.794 bits per heavy atom. The first-order valence-corrected chi connectivity index (χ1v) is 10.7. The average molecular weight is 509 g/mol. The van der Waals surface area contributed by atoms with Crippen molar-refractivity contribution in [1.29, 1.82) is 0 Å². The van der Waals surface area contributed by atoms with Gasteiger partial charge in [0.25, 0.3) is 0 Å². The molecule has 2 rings (SSSR count). The monoisotopic (exact) mass is 508 g/mol. The van der Waals surface area contributed by atoms with Gasteiger partial charge in [-0.2, -0.15) is 0 Å². The predicted octanol–water partition coefficient (Wildman–Crippen LogP) is 4.79. The van der Waals surface area contributed by atoms with E-state index in [4.69, 9.17) is 42.9 Å². The van der Waals surface area contributed by atoms with Crippen LogP contribution in [-0.4, -0.2) is 48.8 Å². The number of ether oxygens (including phenoxy) is 2. The second kappa shape index (κ2) is 20.2. The molecule has 0 aliphatic rings. The van der Waals surface area contributed by atoms with Gasteiger partial charge in [-0.05, 0) is 62.1 Å². The summed E-state index contributed by atoms with van der Waals surface area (Å²) < 4.78 is 9.39. The minimum atomic E-state index is -0.468. The van der Waals surface area contributed by atoms with Crippen LogP contribution >= 0.6 is 23.2 Å². The molecule has 2 aromatic carbocycles. The summed E-state index contributed by atoms with van der Waals surface area (Å²) in [7, 11) is 0. The molecule has 8 nitrogen and oxygen atoms in total. The van der Waals surface area contributed by atoms with Crippen LogP contribution in [0.1, 0.15) is 13.8 Å². The van der Waals surface area contributed by atoms with E-state index >= 15 is 0 Å². The van der Waals surface area contributed by atoms with Crippen LogP contribution in [0.2, 0.25) is 10.0 Å². The average Bonchev–Trinajstić information content (AvgIpc) is 2.78. The van der Waals surface area contributed by atoms with Gasteiger partial charge in [0.1, 0.15) is 13.2 Å². The molecular formula is C24H26Cl2N2O6. The van der Waals surface area contributed by atoms with Crippen LogP contribution in [0.3, 0.4) is 0 Å². The lowest BCUT2D eigenvalue weighted by Crippen LogP contribution is -2.12. The van der Waals surface area contributed by atoms with E-state index in [1.165, 1.54) is 0 Å². The Morgan fingerprint density at radius 3 is 1.47 bits per heavy atom. The summed E-state index contributed by atoms with van der Waals surface area (Å²) in [6, 6.07) is 13.8. The van der Waals surface area contributed by atoms with E-state index in [0.717, 1.165) is 0 Å². The van der Waals surface area contributed by atoms with E-state index in [1.54, 1.807) is 62.4 Å². The Hall–Kier alpha value is -3.40. The number of carbonyl (C=O) groups is 2. The van der Waals surface area contributed by atoms with Gasteiger partial charge in [-0.1, -0.05) is 47.2 Å².